The number of hydrogen-bond donors (Lipinski definition) is 0. The number of ether oxygens (including phenoxy) is 2. The van der Waals surface area contributed by atoms with Gasteiger partial charge in [0.1, 0.15) is 5.75 Å². The summed E-state index contributed by atoms with van der Waals surface area (Å²) in [5.74, 6) is 2.37. The monoisotopic (exact) mass is 496 g/mol. The second kappa shape index (κ2) is 19.1. The van der Waals surface area contributed by atoms with Gasteiger partial charge in [-0.05, 0) is 51.0 Å². The van der Waals surface area contributed by atoms with E-state index < -0.39 is 0 Å². The second-order valence-corrected chi connectivity index (χ2v) is 11.9. The van der Waals surface area contributed by atoms with E-state index in [2.05, 4.69) is 36.8 Å². The number of rotatable bonds is 20. The number of benzene rings is 1. The molecule has 0 amide bonds. The average molecular weight is 497 g/mol. The third-order valence-corrected chi connectivity index (χ3v) is 8.53. The number of allylic oxidation sites excluding steroid dienone is 2. The van der Waals surface area contributed by atoms with E-state index in [1.54, 1.807) is 17.6 Å². The standard InChI is InChI=1S/C30H48N2O2Si/c1-4-6-7-8-9-10-11-14-21-33-28-19-17-27(18-20-28)30-31-24-29(25-32-30)34-22-15-12-13-16-23-35-26(3)5-2/h5,17-20,24-25H,4,6-16,21-23,35H2,1-3H3. The van der Waals surface area contributed by atoms with Crippen LogP contribution in [0.4, 0.5) is 0 Å². The smallest absolute Gasteiger partial charge is 0.159 e. The fraction of sp³-hybridized carbons (Fsp3) is 0.600. The third kappa shape index (κ3) is 13.5. The summed E-state index contributed by atoms with van der Waals surface area (Å²) in [5.41, 5.74) is 0.993. The molecule has 1 aromatic heterocycles. The van der Waals surface area contributed by atoms with Crippen LogP contribution in [0, 0.1) is 0 Å². The van der Waals surface area contributed by atoms with Crippen LogP contribution in [0.5, 0.6) is 11.5 Å². The van der Waals surface area contributed by atoms with Crippen molar-refractivity contribution in [3.05, 3.63) is 47.9 Å². The fourth-order valence-corrected chi connectivity index (χ4v) is 5.49. The van der Waals surface area contributed by atoms with Gasteiger partial charge in [0.15, 0.2) is 11.6 Å². The first-order valence-corrected chi connectivity index (χ1v) is 15.7. The van der Waals surface area contributed by atoms with Crippen LogP contribution in [0.3, 0.4) is 0 Å². The van der Waals surface area contributed by atoms with E-state index in [1.165, 1.54) is 70.3 Å². The zero-order valence-electron chi connectivity index (χ0n) is 22.6. The molecule has 2 rings (SSSR count). The summed E-state index contributed by atoms with van der Waals surface area (Å²) >= 11 is 0. The SMILES string of the molecule is CC=C(C)[SiH2]CCCCCCOc1cnc(-c2ccc(OCCCCCCCCCC)cc2)nc1. The first-order valence-electron chi connectivity index (χ1n) is 14.0. The Morgan fingerprint density at radius 3 is 1.89 bits per heavy atom. The van der Waals surface area contributed by atoms with Crippen LogP contribution in [0.25, 0.3) is 11.4 Å². The quantitative estimate of drug-likeness (QED) is 0.137. The van der Waals surface area contributed by atoms with Gasteiger partial charge in [0.05, 0.1) is 25.6 Å². The van der Waals surface area contributed by atoms with Crippen LogP contribution in [0.2, 0.25) is 6.04 Å². The molecule has 0 unspecified atom stereocenters. The van der Waals surface area contributed by atoms with Gasteiger partial charge in [-0.2, -0.15) is 0 Å². The van der Waals surface area contributed by atoms with E-state index in [4.69, 9.17) is 9.47 Å². The highest BCUT2D eigenvalue weighted by atomic mass is 28.2. The molecule has 5 heteroatoms. The molecule has 0 bridgehead atoms. The van der Waals surface area contributed by atoms with Gasteiger partial charge in [-0.3, -0.25) is 0 Å². The first-order chi connectivity index (χ1) is 17.2. The van der Waals surface area contributed by atoms with Crippen LogP contribution >= 0.6 is 0 Å². The lowest BCUT2D eigenvalue weighted by molar-refractivity contribution is 0.302. The lowest BCUT2D eigenvalue weighted by Crippen LogP contribution is -2.00. The predicted molar refractivity (Wildman–Crippen MR) is 152 cm³/mol. The maximum atomic E-state index is 5.90. The van der Waals surface area contributed by atoms with Crippen molar-refractivity contribution in [1.82, 2.24) is 9.97 Å². The Labute approximate surface area is 216 Å². The molecular formula is C30H48N2O2Si. The van der Waals surface area contributed by atoms with Gasteiger partial charge >= 0.3 is 0 Å². The minimum absolute atomic E-state index is 0.0218. The maximum absolute atomic E-state index is 5.90. The summed E-state index contributed by atoms with van der Waals surface area (Å²) in [7, 11) is 0.0218. The van der Waals surface area contributed by atoms with Gasteiger partial charge in [0.25, 0.3) is 0 Å². The van der Waals surface area contributed by atoms with Crippen molar-refractivity contribution in [3.8, 4) is 22.9 Å². The van der Waals surface area contributed by atoms with Gasteiger partial charge in [-0.15, -0.1) is 0 Å². The molecule has 0 saturated carbocycles. The van der Waals surface area contributed by atoms with Crippen molar-refractivity contribution in [2.24, 2.45) is 0 Å². The summed E-state index contributed by atoms with van der Waals surface area (Å²) in [4.78, 5) is 8.97. The Bertz CT molecular complexity index is 806. The van der Waals surface area contributed by atoms with Crippen molar-refractivity contribution in [3.63, 3.8) is 0 Å². The van der Waals surface area contributed by atoms with Crippen molar-refractivity contribution < 1.29 is 9.47 Å². The molecule has 1 heterocycles. The van der Waals surface area contributed by atoms with E-state index in [-0.39, 0.29) is 9.52 Å². The Morgan fingerprint density at radius 2 is 1.29 bits per heavy atom. The van der Waals surface area contributed by atoms with E-state index >= 15 is 0 Å². The number of aromatic nitrogens is 2. The summed E-state index contributed by atoms with van der Waals surface area (Å²) in [6.45, 7) is 8.21. The molecule has 0 aliphatic heterocycles. The molecule has 0 saturated heterocycles. The highest BCUT2D eigenvalue weighted by molar-refractivity contribution is 6.44. The summed E-state index contributed by atoms with van der Waals surface area (Å²) in [6.07, 6.45) is 21.3. The van der Waals surface area contributed by atoms with Gasteiger partial charge in [-0.25, -0.2) is 9.97 Å². The fourth-order valence-electron chi connectivity index (χ4n) is 4.04. The molecule has 0 atom stereocenters. The predicted octanol–water partition coefficient (Wildman–Crippen LogP) is 8.11. The van der Waals surface area contributed by atoms with E-state index in [9.17, 15) is 0 Å². The molecule has 0 spiro atoms. The summed E-state index contributed by atoms with van der Waals surface area (Å²) in [5, 5.41) is 1.63. The Hall–Kier alpha value is -2.14. The topological polar surface area (TPSA) is 44.2 Å². The lowest BCUT2D eigenvalue weighted by Gasteiger charge is -2.08. The Kier molecular flexibility index (Phi) is 15.9. The third-order valence-electron chi connectivity index (χ3n) is 6.48. The second-order valence-electron chi connectivity index (χ2n) is 9.59. The van der Waals surface area contributed by atoms with Crippen LogP contribution in [0.15, 0.2) is 47.9 Å². The van der Waals surface area contributed by atoms with Crippen LogP contribution in [-0.2, 0) is 0 Å². The van der Waals surface area contributed by atoms with Crippen LogP contribution in [0.1, 0.15) is 97.8 Å². The normalized spacial score (nSPS) is 11.9. The molecule has 0 aliphatic carbocycles. The Balaban J connectivity index is 1.57. The molecule has 0 fully saturated rings. The van der Waals surface area contributed by atoms with Crippen molar-refractivity contribution >= 4 is 9.52 Å². The van der Waals surface area contributed by atoms with Crippen LogP contribution in [-0.4, -0.2) is 32.7 Å². The van der Waals surface area contributed by atoms with Gasteiger partial charge in [0, 0.05) is 15.1 Å². The molecule has 0 N–H and O–H groups in total. The average Bonchev–Trinajstić information content (AvgIpc) is 2.90. The molecular weight excluding hydrogens is 448 g/mol. The molecule has 194 valence electrons. The van der Waals surface area contributed by atoms with E-state index in [1.807, 2.05) is 24.3 Å². The van der Waals surface area contributed by atoms with Crippen molar-refractivity contribution in [2.45, 2.75) is 104 Å². The Morgan fingerprint density at radius 1 is 0.743 bits per heavy atom. The minimum Gasteiger partial charge on any atom is -0.494 e. The molecule has 35 heavy (non-hydrogen) atoms. The highest BCUT2D eigenvalue weighted by Crippen LogP contribution is 2.21. The highest BCUT2D eigenvalue weighted by Gasteiger charge is 2.04. The number of unbranched alkanes of at least 4 members (excludes halogenated alkanes) is 10. The van der Waals surface area contributed by atoms with Gasteiger partial charge in [0.2, 0.25) is 0 Å². The summed E-state index contributed by atoms with van der Waals surface area (Å²) in [6, 6.07) is 9.50. The van der Waals surface area contributed by atoms with Gasteiger partial charge in [-0.1, -0.05) is 88.4 Å². The number of hydrogen-bond acceptors (Lipinski definition) is 4. The van der Waals surface area contributed by atoms with Crippen molar-refractivity contribution in [1.29, 1.82) is 0 Å². The molecule has 0 aliphatic rings. The molecule has 1 aromatic carbocycles. The van der Waals surface area contributed by atoms with Gasteiger partial charge < -0.3 is 9.47 Å². The van der Waals surface area contributed by atoms with E-state index in [0.717, 1.165) is 43.1 Å². The van der Waals surface area contributed by atoms with E-state index in [0.29, 0.717) is 5.82 Å². The zero-order chi connectivity index (χ0) is 25.0. The number of nitrogens with zero attached hydrogens (tertiary/aromatic N) is 2. The molecule has 4 nitrogen and oxygen atoms in total. The van der Waals surface area contributed by atoms with Crippen molar-refractivity contribution in [2.75, 3.05) is 13.2 Å². The first kappa shape index (κ1) is 29.1. The molecule has 0 radical (unpaired) electrons. The van der Waals surface area contributed by atoms with Crippen LogP contribution < -0.4 is 9.47 Å². The zero-order valence-corrected chi connectivity index (χ0v) is 24.0. The minimum atomic E-state index is 0.0218. The largest absolute Gasteiger partial charge is 0.494 e. The molecule has 2 aromatic rings. The lowest BCUT2D eigenvalue weighted by atomic mass is 10.1. The summed E-state index contributed by atoms with van der Waals surface area (Å²) < 4.78 is 11.7. The maximum Gasteiger partial charge on any atom is 0.159 e.